The summed E-state index contributed by atoms with van der Waals surface area (Å²) in [5.74, 6) is 0.693. The minimum Gasteiger partial charge on any atom is -0.494 e. The van der Waals surface area contributed by atoms with Crippen molar-refractivity contribution in [1.82, 2.24) is 15.4 Å². The molecule has 0 saturated carbocycles. The third-order valence-corrected chi connectivity index (χ3v) is 2.70. The summed E-state index contributed by atoms with van der Waals surface area (Å²) in [7, 11) is 0. The number of anilines is 1. The van der Waals surface area contributed by atoms with Crippen LogP contribution >= 0.6 is 11.6 Å². The van der Waals surface area contributed by atoms with Gasteiger partial charge in [-0.05, 0) is 25.1 Å². The number of amides is 1. The van der Waals surface area contributed by atoms with E-state index in [0.29, 0.717) is 18.2 Å². The number of hydrogen-bond donors (Lipinski definition) is 2. The maximum atomic E-state index is 11.8. The molecule has 0 saturated heterocycles. The number of hydrogen-bond acceptors (Lipinski definition) is 4. The van der Waals surface area contributed by atoms with Gasteiger partial charge in [0.15, 0.2) is 5.69 Å². The van der Waals surface area contributed by atoms with Crippen LogP contribution in [-0.2, 0) is 5.88 Å². The molecule has 0 bridgehead atoms. The summed E-state index contributed by atoms with van der Waals surface area (Å²) in [6.07, 6.45) is 1.35. The first-order chi connectivity index (χ1) is 9.24. The first kappa shape index (κ1) is 13.4. The highest BCUT2D eigenvalue weighted by molar-refractivity contribution is 6.17. The Morgan fingerprint density at radius 3 is 3.00 bits per heavy atom. The van der Waals surface area contributed by atoms with Crippen molar-refractivity contribution in [1.29, 1.82) is 0 Å². The molecule has 100 valence electrons. The Morgan fingerprint density at radius 1 is 1.53 bits per heavy atom. The molecule has 2 rings (SSSR count). The van der Waals surface area contributed by atoms with Gasteiger partial charge in [0.2, 0.25) is 0 Å². The summed E-state index contributed by atoms with van der Waals surface area (Å²) >= 11 is 5.86. The summed E-state index contributed by atoms with van der Waals surface area (Å²) < 4.78 is 5.44. The Balaban J connectivity index is 2.15. The Morgan fingerprint density at radius 2 is 2.37 bits per heavy atom. The molecule has 0 aliphatic rings. The van der Waals surface area contributed by atoms with Crippen LogP contribution in [-0.4, -0.2) is 27.9 Å². The normalized spacial score (nSPS) is 10.2. The van der Waals surface area contributed by atoms with Gasteiger partial charge in [0, 0.05) is 11.3 Å². The van der Waals surface area contributed by atoms with Crippen molar-refractivity contribution in [3.05, 3.63) is 35.7 Å². The van der Waals surface area contributed by atoms with Gasteiger partial charge in [-0.1, -0.05) is 0 Å². The van der Waals surface area contributed by atoms with E-state index in [9.17, 15) is 4.79 Å². The first-order valence-electron chi connectivity index (χ1n) is 5.73. The standard InChI is InChI=1S/C12H13ClN4O2/c1-2-19-11-4-3-9(5-8(11)6-13)15-12(18)10-7-14-17-16-10/h3-5,7H,2,6H2,1H3,(H,15,18)(H,14,16,17). The van der Waals surface area contributed by atoms with Crippen molar-refractivity contribution < 1.29 is 9.53 Å². The van der Waals surface area contributed by atoms with Gasteiger partial charge in [-0.2, -0.15) is 15.4 Å². The van der Waals surface area contributed by atoms with E-state index in [1.54, 1.807) is 18.2 Å². The largest absolute Gasteiger partial charge is 0.494 e. The molecular formula is C12H13ClN4O2. The van der Waals surface area contributed by atoms with E-state index in [0.717, 1.165) is 11.3 Å². The average Bonchev–Trinajstić information content (AvgIpc) is 2.94. The number of aromatic nitrogens is 3. The summed E-state index contributed by atoms with van der Waals surface area (Å²) in [5.41, 5.74) is 1.68. The predicted octanol–water partition coefficient (Wildman–Crippen LogP) is 2.19. The molecule has 1 aromatic heterocycles. The molecule has 19 heavy (non-hydrogen) atoms. The molecule has 0 radical (unpaired) electrons. The lowest BCUT2D eigenvalue weighted by Gasteiger charge is -2.10. The summed E-state index contributed by atoms with van der Waals surface area (Å²) in [6, 6.07) is 5.30. The molecule has 2 aromatic rings. The van der Waals surface area contributed by atoms with Gasteiger partial charge in [-0.25, -0.2) is 0 Å². The minimum atomic E-state index is -0.335. The summed E-state index contributed by atoms with van der Waals surface area (Å²) in [6.45, 7) is 2.47. The van der Waals surface area contributed by atoms with Crippen LogP contribution in [0.25, 0.3) is 0 Å². The number of aromatic amines is 1. The monoisotopic (exact) mass is 280 g/mol. The van der Waals surface area contributed by atoms with Gasteiger partial charge in [0.25, 0.3) is 5.91 Å². The van der Waals surface area contributed by atoms with Crippen molar-refractivity contribution in [2.24, 2.45) is 0 Å². The maximum absolute atomic E-state index is 11.8. The van der Waals surface area contributed by atoms with Gasteiger partial charge in [-0.15, -0.1) is 11.6 Å². The molecule has 2 N–H and O–H groups in total. The Hall–Kier alpha value is -2.08. The van der Waals surface area contributed by atoms with E-state index in [4.69, 9.17) is 16.3 Å². The van der Waals surface area contributed by atoms with E-state index in [-0.39, 0.29) is 11.6 Å². The molecular weight excluding hydrogens is 268 g/mol. The van der Waals surface area contributed by atoms with Crippen molar-refractivity contribution in [2.75, 3.05) is 11.9 Å². The molecule has 6 nitrogen and oxygen atoms in total. The molecule has 0 unspecified atom stereocenters. The van der Waals surface area contributed by atoms with Crippen LogP contribution in [0.2, 0.25) is 0 Å². The number of rotatable bonds is 5. The van der Waals surface area contributed by atoms with Gasteiger partial charge in [0.05, 0.1) is 18.7 Å². The number of carbonyl (C=O) groups is 1. The molecule has 0 atom stereocenters. The second-order valence-corrected chi connectivity index (χ2v) is 3.97. The maximum Gasteiger partial charge on any atom is 0.277 e. The predicted molar refractivity (Wildman–Crippen MR) is 71.5 cm³/mol. The van der Waals surface area contributed by atoms with Crippen LogP contribution < -0.4 is 10.1 Å². The summed E-state index contributed by atoms with van der Waals surface area (Å²) in [4.78, 5) is 11.8. The van der Waals surface area contributed by atoms with Gasteiger partial charge < -0.3 is 10.1 Å². The Bertz CT molecular complexity index is 557. The average molecular weight is 281 g/mol. The second-order valence-electron chi connectivity index (χ2n) is 3.70. The zero-order chi connectivity index (χ0) is 13.7. The number of nitrogens with zero attached hydrogens (tertiary/aromatic N) is 2. The van der Waals surface area contributed by atoms with Crippen LogP contribution in [0.3, 0.4) is 0 Å². The highest BCUT2D eigenvalue weighted by atomic mass is 35.5. The van der Waals surface area contributed by atoms with E-state index in [1.807, 2.05) is 6.92 Å². The van der Waals surface area contributed by atoms with Gasteiger partial charge in [-0.3, -0.25) is 4.79 Å². The Kier molecular flexibility index (Phi) is 4.35. The number of halogens is 1. The molecule has 7 heteroatoms. The van der Waals surface area contributed by atoms with Crippen LogP contribution in [0.1, 0.15) is 23.0 Å². The van der Waals surface area contributed by atoms with E-state index < -0.39 is 0 Å². The van der Waals surface area contributed by atoms with Crippen LogP contribution in [0.4, 0.5) is 5.69 Å². The lowest BCUT2D eigenvalue weighted by molar-refractivity contribution is 0.102. The first-order valence-corrected chi connectivity index (χ1v) is 6.27. The number of nitrogens with one attached hydrogen (secondary N) is 2. The van der Waals surface area contributed by atoms with Crippen LogP contribution in [0, 0.1) is 0 Å². The van der Waals surface area contributed by atoms with Gasteiger partial charge in [0.1, 0.15) is 5.75 Å². The number of H-pyrrole nitrogens is 1. The minimum absolute atomic E-state index is 0.223. The third kappa shape index (κ3) is 3.23. The zero-order valence-corrected chi connectivity index (χ0v) is 11.1. The third-order valence-electron chi connectivity index (χ3n) is 2.41. The van der Waals surface area contributed by atoms with Crippen molar-refractivity contribution in [3.63, 3.8) is 0 Å². The summed E-state index contributed by atoms with van der Waals surface area (Å²) in [5, 5.41) is 12.4. The topological polar surface area (TPSA) is 79.9 Å². The van der Waals surface area contributed by atoms with E-state index in [1.165, 1.54) is 6.20 Å². The highest BCUT2D eigenvalue weighted by Crippen LogP contribution is 2.24. The molecule has 0 aliphatic heterocycles. The van der Waals surface area contributed by atoms with Crippen LogP contribution in [0.15, 0.2) is 24.4 Å². The molecule has 1 aromatic carbocycles. The molecule has 0 spiro atoms. The van der Waals surface area contributed by atoms with E-state index >= 15 is 0 Å². The number of carbonyl (C=O) groups excluding carboxylic acids is 1. The molecule has 0 aliphatic carbocycles. The Labute approximate surface area is 115 Å². The fraction of sp³-hybridized carbons (Fsp3) is 0.250. The number of alkyl halides is 1. The highest BCUT2D eigenvalue weighted by Gasteiger charge is 2.10. The number of ether oxygens (including phenoxy) is 1. The second kappa shape index (κ2) is 6.19. The quantitative estimate of drug-likeness (QED) is 0.823. The number of benzene rings is 1. The lowest BCUT2D eigenvalue weighted by Crippen LogP contribution is -2.12. The van der Waals surface area contributed by atoms with Crippen LogP contribution in [0.5, 0.6) is 5.75 Å². The van der Waals surface area contributed by atoms with Crippen molar-refractivity contribution in [2.45, 2.75) is 12.8 Å². The fourth-order valence-corrected chi connectivity index (χ4v) is 1.77. The zero-order valence-electron chi connectivity index (χ0n) is 10.3. The van der Waals surface area contributed by atoms with Crippen molar-refractivity contribution >= 4 is 23.2 Å². The van der Waals surface area contributed by atoms with Gasteiger partial charge >= 0.3 is 0 Å². The molecule has 0 fully saturated rings. The van der Waals surface area contributed by atoms with Crippen molar-refractivity contribution in [3.8, 4) is 5.75 Å². The molecule has 1 heterocycles. The van der Waals surface area contributed by atoms with E-state index in [2.05, 4.69) is 20.7 Å². The lowest BCUT2D eigenvalue weighted by atomic mass is 10.2. The fourth-order valence-electron chi connectivity index (χ4n) is 1.56. The molecule has 1 amide bonds. The smallest absolute Gasteiger partial charge is 0.277 e. The SMILES string of the molecule is CCOc1ccc(NC(=O)c2cn[nH]n2)cc1CCl.